The number of aliphatic imine (C=N–C) groups is 1. The molecule has 0 aliphatic carbocycles. The number of oxazole rings is 1. The van der Waals surface area contributed by atoms with Gasteiger partial charge in [-0.25, -0.2) is 4.98 Å². The predicted molar refractivity (Wildman–Crippen MR) is 144 cm³/mol. The lowest BCUT2D eigenvalue weighted by molar-refractivity contribution is 0.252. The van der Waals surface area contributed by atoms with Gasteiger partial charge in [-0.1, -0.05) is 0 Å². The van der Waals surface area contributed by atoms with E-state index in [0.29, 0.717) is 12.3 Å². The lowest BCUT2D eigenvalue weighted by Crippen LogP contribution is -2.28. The van der Waals surface area contributed by atoms with Gasteiger partial charge in [0.05, 0.1) is 24.9 Å². The highest BCUT2D eigenvalue weighted by Crippen LogP contribution is 2.39. The van der Waals surface area contributed by atoms with Gasteiger partial charge in [0.2, 0.25) is 0 Å². The normalized spacial score (nSPS) is 17.7. The summed E-state index contributed by atoms with van der Waals surface area (Å²) in [7, 11) is 0. The van der Waals surface area contributed by atoms with Crippen molar-refractivity contribution in [1.82, 2.24) is 25.1 Å². The second-order valence-electron chi connectivity index (χ2n) is 9.88. The van der Waals surface area contributed by atoms with Gasteiger partial charge in [-0.3, -0.25) is 9.56 Å². The fourth-order valence-corrected chi connectivity index (χ4v) is 6.48. The summed E-state index contributed by atoms with van der Waals surface area (Å²) in [5.41, 5.74) is 4.39. The minimum Gasteiger partial charge on any atom is -0.494 e. The first-order valence-corrected chi connectivity index (χ1v) is 13.8. The van der Waals surface area contributed by atoms with Crippen LogP contribution in [0.25, 0.3) is 5.00 Å². The van der Waals surface area contributed by atoms with Gasteiger partial charge in [-0.05, 0) is 88.9 Å². The van der Waals surface area contributed by atoms with Crippen LogP contribution in [0.4, 0.5) is 0 Å². The number of thiophene rings is 1. The van der Waals surface area contributed by atoms with Gasteiger partial charge in [0, 0.05) is 16.0 Å². The molecular formula is C28H32N6O2S. The van der Waals surface area contributed by atoms with E-state index in [2.05, 4.69) is 63.2 Å². The maximum Gasteiger partial charge on any atom is 0.196 e. The third-order valence-corrected chi connectivity index (χ3v) is 8.66. The summed E-state index contributed by atoms with van der Waals surface area (Å²) in [5, 5.41) is 13.5. The highest BCUT2D eigenvalue weighted by molar-refractivity contribution is 7.15. The summed E-state index contributed by atoms with van der Waals surface area (Å²) in [5.74, 6) is 3.95. The van der Waals surface area contributed by atoms with Crippen LogP contribution in [0.2, 0.25) is 0 Å². The zero-order valence-electron chi connectivity index (χ0n) is 21.5. The summed E-state index contributed by atoms with van der Waals surface area (Å²) in [6.45, 7) is 9.33. The van der Waals surface area contributed by atoms with Gasteiger partial charge in [0.1, 0.15) is 28.9 Å². The molecule has 0 bridgehead atoms. The zero-order chi connectivity index (χ0) is 25.4. The fourth-order valence-electron chi connectivity index (χ4n) is 5.27. The Morgan fingerprint density at radius 2 is 1.92 bits per heavy atom. The molecule has 2 aliphatic rings. The zero-order valence-corrected chi connectivity index (χ0v) is 22.3. The van der Waals surface area contributed by atoms with E-state index < -0.39 is 0 Å². The summed E-state index contributed by atoms with van der Waals surface area (Å²) >= 11 is 1.76. The maximum absolute atomic E-state index is 6.12. The molecule has 5 heterocycles. The number of benzene rings is 1. The molecule has 0 saturated carbocycles. The largest absolute Gasteiger partial charge is 0.494 e. The molecule has 0 spiro atoms. The first kappa shape index (κ1) is 24.1. The molecule has 1 aromatic carbocycles. The monoisotopic (exact) mass is 516 g/mol. The second kappa shape index (κ2) is 10.2. The van der Waals surface area contributed by atoms with Crippen molar-refractivity contribution in [2.45, 2.75) is 52.5 Å². The van der Waals surface area contributed by atoms with E-state index in [1.165, 1.54) is 23.3 Å². The number of nitrogens with one attached hydrogen (secondary N) is 1. The van der Waals surface area contributed by atoms with Crippen LogP contribution in [0.15, 0.2) is 46.1 Å². The van der Waals surface area contributed by atoms with Crippen molar-refractivity contribution in [3.8, 4) is 10.8 Å². The van der Waals surface area contributed by atoms with Gasteiger partial charge in [-0.15, -0.1) is 21.5 Å². The van der Waals surface area contributed by atoms with Crippen LogP contribution in [0.1, 0.15) is 64.4 Å². The molecule has 37 heavy (non-hydrogen) atoms. The number of aromatic nitrogens is 4. The molecule has 0 amide bonds. The van der Waals surface area contributed by atoms with Crippen LogP contribution in [0, 0.1) is 26.7 Å². The van der Waals surface area contributed by atoms with Gasteiger partial charge >= 0.3 is 0 Å². The van der Waals surface area contributed by atoms with E-state index in [0.717, 1.165) is 71.3 Å². The van der Waals surface area contributed by atoms with Crippen molar-refractivity contribution in [3.63, 3.8) is 0 Å². The number of hydrogen-bond donors (Lipinski definition) is 1. The van der Waals surface area contributed by atoms with Crippen LogP contribution >= 0.6 is 11.3 Å². The number of ether oxygens (including phenoxy) is 1. The number of piperidine rings is 1. The molecule has 6 rings (SSSR count). The quantitative estimate of drug-likeness (QED) is 0.366. The van der Waals surface area contributed by atoms with Crippen LogP contribution in [0.5, 0.6) is 5.75 Å². The molecule has 3 aromatic heterocycles. The van der Waals surface area contributed by atoms with Crippen molar-refractivity contribution >= 4 is 17.0 Å². The Balaban J connectivity index is 1.33. The number of nitrogens with zero attached hydrogens (tertiary/aromatic N) is 5. The van der Waals surface area contributed by atoms with Crippen LogP contribution in [0.3, 0.4) is 0 Å². The van der Waals surface area contributed by atoms with Gasteiger partial charge in [-0.2, -0.15) is 0 Å². The Hall–Kier alpha value is -3.30. The van der Waals surface area contributed by atoms with E-state index in [1.807, 2.05) is 6.92 Å². The number of fused-ring (bicyclic) bond motifs is 3. The maximum atomic E-state index is 6.12. The van der Waals surface area contributed by atoms with Crippen molar-refractivity contribution in [2.75, 3.05) is 19.7 Å². The molecular weight excluding hydrogens is 484 g/mol. The summed E-state index contributed by atoms with van der Waals surface area (Å²) in [6, 6.07) is 8.10. The van der Waals surface area contributed by atoms with Crippen molar-refractivity contribution in [3.05, 3.63) is 75.8 Å². The Morgan fingerprint density at radius 3 is 2.68 bits per heavy atom. The molecule has 1 N–H and O–H groups in total. The Labute approximate surface area is 220 Å². The standard InChI is InChI=1S/C28H32N6O2S/c1-17-18(2)37-28-25(17)26(21-4-6-22(7-5-21)35-14-10-20-8-11-29-12-9-20)31-23(16-24-30-13-15-36-24)27-33-32-19(3)34(27)28/h4-7,13,15,20,23,29H,8-12,14,16H2,1-3H3/t23-/m0/s1. The predicted octanol–water partition coefficient (Wildman–Crippen LogP) is 5.15. The topological polar surface area (TPSA) is 90.4 Å². The van der Waals surface area contributed by atoms with Gasteiger partial charge in [0.15, 0.2) is 11.7 Å². The summed E-state index contributed by atoms with van der Waals surface area (Å²) < 4.78 is 13.9. The SMILES string of the molecule is Cc1sc2c(c1C)C(c1ccc(OCCC3CCNCC3)cc1)=N[C@@H](Cc1ncco1)c1nnc(C)n1-2. The third kappa shape index (κ3) is 4.73. The van der Waals surface area contributed by atoms with Crippen LogP contribution in [-0.4, -0.2) is 45.2 Å². The Bertz CT molecular complexity index is 1400. The van der Waals surface area contributed by atoms with Crippen LogP contribution in [-0.2, 0) is 6.42 Å². The molecule has 2 aliphatic heterocycles. The highest BCUT2D eigenvalue weighted by Gasteiger charge is 2.32. The van der Waals surface area contributed by atoms with Crippen molar-refractivity contribution in [2.24, 2.45) is 10.9 Å². The average molecular weight is 517 g/mol. The molecule has 1 fully saturated rings. The Morgan fingerprint density at radius 1 is 1.11 bits per heavy atom. The number of hydrogen-bond acceptors (Lipinski definition) is 8. The van der Waals surface area contributed by atoms with Crippen molar-refractivity contribution in [1.29, 1.82) is 0 Å². The molecule has 0 radical (unpaired) electrons. The first-order valence-electron chi connectivity index (χ1n) is 13.0. The highest BCUT2D eigenvalue weighted by atomic mass is 32.1. The molecule has 9 heteroatoms. The van der Waals surface area contributed by atoms with E-state index in [1.54, 1.807) is 23.8 Å². The van der Waals surface area contributed by atoms with Crippen molar-refractivity contribution < 1.29 is 9.15 Å². The second-order valence-corrected chi connectivity index (χ2v) is 11.1. The smallest absolute Gasteiger partial charge is 0.196 e. The minimum absolute atomic E-state index is 0.268. The van der Waals surface area contributed by atoms with E-state index in [4.69, 9.17) is 14.1 Å². The molecule has 1 atom stereocenters. The number of aryl methyl sites for hydroxylation is 2. The van der Waals surface area contributed by atoms with E-state index >= 15 is 0 Å². The van der Waals surface area contributed by atoms with Crippen LogP contribution < -0.4 is 10.1 Å². The molecule has 192 valence electrons. The summed E-state index contributed by atoms with van der Waals surface area (Å²) in [6.07, 6.45) is 7.37. The third-order valence-electron chi connectivity index (χ3n) is 7.47. The summed E-state index contributed by atoms with van der Waals surface area (Å²) in [4.78, 5) is 10.9. The first-order chi connectivity index (χ1) is 18.1. The molecule has 1 saturated heterocycles. The lowest BCUT2D eigenvalue weighted by Gasteiger charge is -2.22. The number of rotatable bonds is 7. The minimum atomic E-state index is -0.268. The van der Waals surface area contributed by atoms with Gasteiger partial charge < -0.3 is 14.5 Å². The Kier molecular flexibility index (Phi) is 6.65. The van der Waals surface area contributed by atoms with Gasteiger partial charge in [0.25, 0.3) is 0 Å². The van der Waals surface area contributed by atoms with E-state index in [-0.39, 0.29) is 6.04 Å². The molecule has 8 nitrogen and oxygen atoms in total. The average Bonchev–Trinajstić information content (AvgIpc) is 3.61. The fraction of sp³-hybridized carbons (Fsp3) is 0.429. The molecule has 0 unspecified atom stereocenters. The van der Waals surface area contributed by atoms with E-state index in [9.17, 15) is 0 Å². The lowest BCUT2D eigenvalue weighted by atomic mass is 9.95. The molecule has 4 aromatic rings.